The maximum absolute atomic E-state index is 12.3. The molecule has 0 aliphatic heterocycles. The van der Waals surface area contributed by atoms with Crippen LogP contribution in [0.2, 0.25) is 0 Å². The van der Waals surface area contributed by atoms with Crippen LogP contribution in [0, 0.1) is 0 Å². The zero-order chi connectivity index (χ0) is 18.8. The van der Waals surface area contributed by atoms with E-state index in [0.29, 0.717) is 18.7 Å². The van der Waals surface area contributed by atoms with E-state index < -0.39 is 0 Å². The molecule has 0 aromatic heterocycles. The third kappa shape index (κ3) is 5.09. The second-order valence-electron chi connectivity index (χ2n) is 5.79. The molecule has 5 nitrogen and oxygen atoms in total. The molecule has 0 fully saturated rings. The molecule has 0 bridgehead atoms. The van der Waals surface area contributed by atoms with E-state index in [-0.39, 0.29) is 11.6 Å². The number of hydrogen-bond acceptors (Lipinski definition) is 4. The Kier molecular flexibility index (Phi) is 7.68. The molecule has 0 spiro atoms. The molecule has 2 rings (SSSR count). The summed E-state index contributed by atoms with van der Waals surface area (Å²) in [5, 5.41) is 6.69. The average Bonchev–Trinajstić information content (AvgIpc) is 2.66. The van der Waals surface area contributed by atoms with E-state index in [1.165, 1.54) is 12.7 Å². The van der Waals surface area contributed by atoms with E-state index in [4.69, 9.17) is 9.57 Å². The summed E-state index contributed by atoms with van der Waals surface area (Å²) >= 11 is 0. The number of benzene rings is 2. The van der Waals surface area contributed by atoms with Gasteiger partial charge in [-0.15, -0.1) is 0 Å². The number of aryl methyl sites for hydroxylation is 1. The minimum atomic E-state index is -0.270. The third-order valence-corrected chi connectivity index (χ3v) is 3.88. The molecule has 0 radical (unpaired) electrons. The number of likely N-dealkylation sites (N-methyl/N-ethyl adjacent to an activating group) is 1. The summed E-state index contributed by atoms with van der Waals surface area (Å²) in [7, 11) is 1.43. The summed E-state index contributed by atoms with van der Waals surface area (Å²) < 4.78 is 6.06. The first kappa shape index (κ1) is 19.5. The van der Waals surface area contributed by atoms with Crippen LogP contribution in [-0.4, -0.2) is 25.3 Å². The van der Waals surface area contributed by atoms with Gasteiger partial charge in [0.05, 0.1) is 0 Å². The monoisotopic (exact) mass is 354 g/mol. The zero-order valence-corrected chi connectivity index (χ0v) is 15.6. The van der Waals surface area contributed by atoms with E-state index in [0.717, 1.165) is 24.2 Å². The Balaban J connectivity index is 2.26. The van der Waals surface area contributed by atoms with Crippen LogP contribution < -0.4 is 10.1 Å². The van der Waals surface area contributed by atoms with E-state index in [1.807, 2.05) is 49.4 Å². The number of carbonyl (C=O) groups excluding carboxylic acids is 1. The quantitative estimate of drug-likeness (QED) is 0.552. The van der Waals surface area contributed by atoms with E-state index in [1.54, 1.807) is 0 Å². The fourth-order valence-electron chi connectivity index (χ4n) is 2.70. The number of para-hydroxylation sites is 1. The van der Waals surface area contributed by atoms with E-state index in [2.05, 4.69) is 23.5 Å². The lowest BCUT2D eigenvalue weighted by Gasteiger charge is -2.14. The van der Waals surface area contributed by atoms with Crippen molar-refractivity contribution >= 4 is 11.6 Å². The number of oxime groups is 1. The Morgan fingerprint density at radius 2 is 1.73 bits per heavy atom. The number of amides is 1. The third-order valence-electron chi connectivity index (χ3n) is 3.88. The van der Waals surface area contributed by atoms with Crippen molar-refractivity contribution in [3.8, 4) is 5.75 Å². The molecule has 1 N–H and O–H groups in total. The molecule has 26 heavy (non-hydrogen) atoms. The van der Waals surface area contributed by atoms with Crippen molar-refractivity contribution in [2.75, 3.05) is 13.7 Å². The van der Waals surface area contributed by atoms with Crippen LogP contribution in [0.3, 0.4) is 0 Å². The molecule has 0 unspecified atom stereocenters. The first-order valence-corrected chi connectivity index (χ1v) is 8.89. The summed E-state index contributed by atoms with van der Waals surface area (Å²) in [6.07, 6.45) is 2.02. The summed E-state index contributed by atoms with van der Waals surface area (Å²) in [5.41, 5.74) is 3.01. The average molecular weight is 354 g/mol. The number of hydrogen-bond donors (Lipinski definition) is 1. The van der Waals surface area contributed by atoms with Crippen LogP contribution in [0.5, 0.6) is 5.75 Å². The lowest BCUT2D eigenvalue weighted by molar-refractivity contribution is -0.114. The molecule has 5 heteroatoms. The minimum absolute atomic E-state index is 0.246. The largest absolute Gasteiger partial charge is 0.489 e. The Morgan fingerprint density at radius 1 is 1.04 bits per heavy atom. The highest BCUT2D eigenvalue weighted by Crippen LogP contribution is 2.22. The lowest BCUT2D eigenvalue weighted by atomic mass is 10.0. The summed E-state index contributed by atoms with van der Waals surface area (Å²) in [6, 6.07) is 15.6. The molecule has 0 heterocycles. The van der Waals surface area contributed by atoms with E-state index in [9.17, 15) is 4.79 Å². The molecule has 0 aliphatic carbocycles. The van der Waals surface area contributed by atoms with Crippen LogP contribution in [0.4, 0.5) is 0 Å². The fraction of sp³-hybridized carbons (Fsp3) is 0.333. The van der Waals surface area contributed by atoms with Crippen LogP contribution in [0.25, 0.3) is 0 Å². The summed E-state index contributed by atoms with van der Waals surface area (Å²) in [5.74, 6) is 0.598. The topological polar surface area (TPSA) is 59.9 Å². The molecule has 0 aliphatic rings. The number of rotatable bonds is 9. The molecule has 0 saturated heterocycles. The van der Waals surface area contributed by atoms with Gasteiger partial charge in [-0.1, -0.05) is 61.0 Å². The van der Waals surface area contributed by atoms with Gasteiger partial charge in [-0.2, -0.15) is 0 Å². The molecule has 2 aromatic carbocycles. The molecule has 2 aromatic rings. The first-order valence-electron chi connectivity index (χ1n) is 8.89. The molecule has 0 saturated carbocycles. The Morgan fingerprint density at radius 3 is 2.42 bits per heavy atom. The predicted molar refractivity (Wildman–Crippen MR) is 103 cm³/mol. The molecule has 0 atom stereocenters. The van der Waals surface area contributed by atoms with Gasteiger partial charge in [-0.3, -0.25) is 4.79 Å². The summed E-state index contributed by atoms with van der Waals surface area (Å²) in [4.78, 5) is 17.2. The van der Waals surface area contributed by atoms with Gasteiger partial charge < -0.3 is 14.9 Å². The number of nitrogens with one attached hydrogen (secondary N) is 1. The van der Waals surface area contributed by atoms with Crippen LogP contribution in [-0.2, 0) is 22.7 Å². The fourth-order valence-corrected chi connectivity index (χ4v) is 2.70. The summed E-state index contributed by atoms with van der Waals surface area (Å²) in [6.45, 7) is 4.87. The van der Waals surface area contributed by atoms with Crippen LogP contribution in [0.15, 0.2) is 53.7 Å². The van der Waals surface area contributed by atoms with Gasteiger partial charge in [-0.25, -0.2) is 0 Å². The normalized spacial score (nSPS) is 11.1. The zero-order valence-electron chi connectivity index (χ0n) is 15.6. The predicted octanol–water partition coefficient (Wildman–Crippen LogP) is 3.70. The molecule has 1 amide bonds. The molecular formula is C21H26N2O3. The van der Waals surface area contributed by atoms with Crippen LogP contribution in [0.1, 0.15) is 37.0 Å². The van der Waals surface area contributed by atoms with Crippen molar-refractivity contribution in [1.82, 2.24) is 5.32 Å². The second-order valence-corrected chi connectivity index (χ2v) is 5.79. The van der Waals surface area contributed by atoms with Crippen molar-refractivity contribution in [2.45, 2.75) is 33.3 Å². The first-order chi connectivity index (χ1) is 12.7. The van der Waals surface area contributed by atoms with E-state index >= 15 is 0 Å². The maximum Gasteiger partial charge on any atom is 0.273 e. The second kappa shape index (κ2) is 10.2. The Bertz CT molecular complexity index is 756. The molecule has 138 valence electrons. The highest BCUT2D eigenvalue weighted by atomic mass is 16.6. The number of carbonyl (C=O) groups is 1. The molecular weight excluding hydrogens is 328 g/mol. The lowest BCUT2D eigenvalue weighted by Crippen LogP contribution is -2.32. The maximum atomic E-state index is 12.3. The highest BCUT2D eigenvalue weighted by Gasteiger charge is 2.18. The minimum Gasteiger partial charge on any atom is -0.489 e. The smallest absolute Gasteiger partial charge is 0.273 e. The standard InChI is InChI=1S/C21H26N2O3/c1-4-10-16-11-7-9-14-19(16)26-15-17-12-6-8-13-18(17)20(23-25-3)21(24)22-5-2/h6-9,11-14H,4-5,10,15H2,1-3H3,(H,22,24)/b23-20-. The Hall–Kier alpha value is -2.82. The van der Waals surface area contributed by atoms with Crippen molar-refractivity contribution in [3.05, 3.63) is 65.2 Å². The van der Waals surface area contributed by atoms with Gasteiger partial charge in [0.2, 0.25) is 0 Å². The van der Waals surface area contributed by atoms with Crippen molar-refractivity contribution < 1.29 is 14.4 Å². The van der Waals surface area contributed by atoms with Gasteiger partial charge in [0.25, 0.3) is 5.91 Å². The number of ether oxygens (including phenoxy) is 1. The number of nitrogens with zero attached hydrogens (tertiary/aromatic N) is 1. The van der Waals surface area contributed by atoms with Gasteiger partial charge in [0, 0.05) is 12.1 Å². The highest BCUT2D eigenvalue weighted by molar-refractivity contribution is 6.45. The van der Waals surface area contributed by atoms with Gasteiger partial charge in [0.15, 0.2) is 5.71 Å². The van der Waals surface area contributed by atoms with Gasteiger partial charge in [-0.05, 0) is 30.5 Å². The van der Waals surface area contributed by atoms with Crippen molar-refractivity contribution in [3.63, 3.8) is 0 Å². The van der Waals surface area contributed by atoms with Crippen molar-refractivity contribution in [1.29, 1.82) is 0 Å². The SMILES string of the molecule is CCCc1ccccc1OCc1ccccc1/C(=N/OC)C(=O)NCC. The van der Waals surface area contributed by atoms with Crippen molar-refractivity contribution in [2.24, 2.45) is 5.16 Å². The van der Waals surface area contributed by atoms with Crippen LogP contribution >= 0.6 is 0 Å². The Labute approximate surface area is 155 Å². The van der Waals surface area contributed by atoms with Gasteiger partial charge >= 0.3 is 0 Å². The van der Waals surface area contributed by atoms with Gasteiger partial charge in [0.1, 0.15) is 19.5 Å².